The van der Waals surface area contributed by atoms with E-state index in [0.29, 0.717) is 11.6 Å². The van der Waals surface area contributed by atoms with Crippen LogP contribution in [0.2, 0.25) is 5.02 Å². The highest BCUT2D eigenvalue weighted by atomic mass is 35.5. The Kier molecular flexibility index (Phi) is 6.63. The Morgan fingerprint density at radius 1 is 1.06 bits per heavy atom. The summed E-state index contributed by atoms with van der Waals surface area (Å²) >= 11 is 6.41. The predicted octanol–water partition coefficient (Wildman–Crippen LogP) is 6.44. The van der Waals surface area contributed by atoms with E-state index in [4.69, 9.17) is 11.6 Å². The number of carbonyl (C=O) groups is 1. The lowest BCUT2D eigenvalue weighted by atomic mass is 10.1. The first-order valence-electron chi connectivity index (χ1n) is 10.8. The van der Waals surface area contributed by atoms with Gasteiger partial charge in [0.1, 0.15) is 11.6 Å². The molecule has 0 spiro atoms. The first-order valence-corrected chi connectivity index (χ1v) is 11.2. The molecule has 164 valence electrons. The zero-order valence-electron chi connectivity index (χ0n) is 18.5. The Labute approximate surface area is 198 Å². The maximum absolute atomic E-state index is 12.9. The van der Waals surface area contributed by atoms with E-state index in [9.17, 15) is 10.1 Å². The molecule has 0 aliphatic heterocycles. The Morgan fingerprint density at radius 2 is 1.73 bits per heavy atom. The minimum Gasteiger partial charge on any atom is -0.345 e. The highest BCUT2D eigenvalue weighted by molar-refractivity contribution is 6.31. The van der Waals surface area contributed by atoms with E-state index in [0.717, 1.165) is 33.3 Å². The van der Waals surface area contributed by atoms with Crippen LogP contribution in [0.4, 0.5) is 0 Å². The smallest absolute Gasteiger partial charge is 0.262 e. The van der Waals surface area contributed by atoms with Gasteiger partial charge in [-0.3, -0.25) is 4.79 Å². The standard InChI is InChI=1S/C28H24ClN3O/c1-19(21-10-4-3-5-11-21)31-28(33)23(17-30)16-25-20(2)32(27-15-9-7-13-24(25)27)18-22-12-6-8-14-26(22)29/h3-16,19H,18H2,1-2H3,(H,31,33)/b23-16+/t19-/m0/s1. The highest BCUT2D eigenvalue weighted by Crippen LogP contribution is 2.30. The van der Waals surface area contributed by atoms with Crippen molar-refractivity contribution in [2.75, 3.05) is 0 Å². The third-order valence-corrected chi connectivity index (χ3v) is 6.24. The van der Waals surface area contributed by atoms with Gasteiger partial charge in [0.2, 0.25) is 0 Å². The minimum atomic E-state index is -0.392. The number of nitriles is 1. The van der Waals surface area contributed by atoms with E-state index in [1.54, 1.807) is 6.08 Å². The summed E-state index contributed by atoms with van der Waals surface area (Å²) in [5, 5.41) is 14.4. The number of nitrogens with zero attached hydrogens (tertiary/aromatic N) is 2. The summed E-state index contributed by atoms with van der Waals surface area (Å²) in [6, 6.07) is 27.3. The average Bonchev–Trinajstić information content (AvgIpc) is 3.10. The van der Waals surface area contributed by atoms with Crippen LogP contribution < -0.4 is 5.32 Å². The number of amides is 1. The first kappa shape index (κ1) is 22.4. The predicted molar refractivity (Wildman–Crippen MR) is 134 cm³/mol. The Bertz CT molecular complexity index is 1380. The number of halogens is 1. The van der Waals surface area contributed by atoms with Gasteiger partial charge < -0.3 is 9.88 Å². The van der Waals surface area contributed by atoms with Crippen molar-refractivity contribution in [3.63, 3.8) is 0 Å². The van der Waals surface area contributed by atoms with Crippen molar-refractivity contribution in [2.45, 2.75) is 26.4 Å². The quantitative estimate of drug-likeness (QED) is 0.270. The molecule has 5 heteroatoms. The Hall–Kier alpha value is -3.81. The third-order valence-electron chi connectivity index (χ3n) is 5.87. The number of hydrogen-bond donors (Lipinski definition) is 1. The van der Waals surface area contributed by atoms with E-state index in [2.05, 4.69) is 16.0 Å². The second-order valence-corrected chi connectivity index (χ2v) is 8.38. The van der Waals surface area contributed by atoms with E-state index in [1.807, 2.05) is 92.7 Å². The van der Waals surface area contributed by atoms with Crippen LogP contribution in [-0.2, 0) is 11.3 Å². The number of hydrogen-bond acceptors (Lipinski definition) is 2. The average molecular weight is 454 g/mol. The molecule has 1 amide bonds. The fourth-order valence-electron chi connectivity index (χ4n) is 4.03. The molecule has 1 N–H and O–H groups in total. The van der Waals surface area contributed by atoms with E-state index in [1.165, 1.54) is 0 Å². The van der Waals surface area contributed by atoms with Crippen LogP contribution in [-0.4, -0.2) is 10.5 Å². The van der Waals surface area contributed by atoms with Crippen molar-refractivity contribution in [1.29, 1.82) is 5.26 Å². The maximum atomic E-state index is 12.9. The number of carbonyl (C=O) groups excluding carboxylic acids is 1. The van der Waals surface area contributed by atoms with Gasteiger partial charge in [-0.25, -0.2) is 0 Å². The number of aromatic nitrogens is 1. The van der Waals surface area contributed by atoms with Gasteiger partial charge >= 0.3 is 0 Å². The summed E-state index contributed by atoms with van der Waals surface area (Å²) in [4.78, 5) is 12.9. The van der Waals surface area contributed by atoms with E-state index < -0.39 is 5.91 Å². The highest BCUT2D eigenvalue weighted by Gasteiger charge is 2.18. The Morgan fingerprint density at radius 3 is 2.45 bits per heavy atom. The van der Waals surface area contributed by atoms with Gasteiger partial charge in [0, 0.05) is 33.7 Å². The molecule has 0 saturated heterocycles. The van der Waals surface area contributed by atoms with Gasteiger partial charge in [0.05, 0.1) is 6.04 Å². The van der Waals surface area contributed by atoms with Crippen molar-refractivity contribution in [1.82, 2.24) is 9.88 Å². The Balaban J connectivity index is 1.71. The summed E-state index contributed by atoms with van der Waals surface area (Å²) in [6.07, 6.45) is 1.69. The molecule has 1 aromatic heterocycles. The van der Waals surface area contributed by atoms with Crippen molar-refractivity contribution in [3.05, 3.63) is 112 Å². The van der Waals surface area contributed by atoms with Crippen molar-refractivity contribution in [3.8, 4) is 6.07 Å². The molecular formula is C28H24ClN3O. The van der Waals surface area contributed by atoms with Gasteiger partial charge in [-0.05, 0) is 43.2 Å². The summed E-state index contributed by atoms with van der Waals surface area (Å²) in [7, 11) is 0. The molecule has 0 saturated carbocycles. The monoisotopic (exact) mass is 453 g/mol. The summed E-state index contributed by atoms with van der Waals surface area (Å²) < 4.78 is 2.17. The fraction of sp³-hybridized carbons (Fsp3) is 0.143. The molecule has 4 rings (SSSR count). The van der Waals surface area contributed by atoms with E-state index in [-0.39, 0.29) is 11.6 Å². The van der Waals surface area contributed by atoms with Crippen molar-refractivity contribution < 1.29 is 4.79 Å². The summed E-state index contributed by atoms with van der Waals surface area (Å²) in [6.45, 7) is 4.50. The van der Waals surface area contributed by atoms with Crippen LogP contribution in [0, 0.1) is 18.3 Å². The molecule has 0 aliphatic carbocycles. The number of fused-ring (bicyclic) bond motifs is 1. The lowest BCUT2D eigenvalue weighted by Gasteiger charge is -2.14. The maximum Gasteiger partial charge on any atom is 0.262 e. The van der Waals surface area contributed by atoms with Crippen molar-refractivity contribution >= 4 is 34.5 Å². The van der Waals surface area contributed by atoms with Crippen LogP contribution >= 0.6 is 11.6 Å². The zero-order chi connectivity index (χ0) is 23.4. The molecule has 1 heterocycles. The fourth-order valence-corrected chi connectivity index (χ4v) is 4.23. The molecule has 33 heavy (non-hydrogen) atoms. The molecule has 0 bridgehead atoms. The van der Waals surface area contributed by atoms with Gasteiger partial charge in [-0.1, -0.05) is 78.3 Å². The molecule has 4 nitrogen and oxygen atoms in total. The van der Waals surface area contributed by atoms with Crippen molar-refractivity contribution in [2.24, 2.45) is 0 Å². The largest absolute Gasteiger partial charge is 0.345 e. The SMILES string of the molecule is Cc1c(/C=C(\C#N)C(=O)N[C@@H](C)c2ccccc2)c2ccccc2n1Cc1ccccc1Cl. The number of benzene rings is 3. The normalized spacial score (nSPS) is 12.4. The minimum absolute atomic E-state index is 0.0709. The molecule has 1 atom stereocenters. The molecule has 0 fully saturated rings. The first-order chi connectivity index (χ1) is 16.0. The third kappa shape index (κ3) is 4.69. The summed E-state index contributed by atoms with van der Waals surface area (Å²) in [5.41, 5.74) is 4.91. The molecule has 0 aliphatic rings. The molecule has 3 aromatic carbocycles. The summed E-state index contributed by atoms with van der Waals surface area (Å²) in [5.74, 6) is -0.392. The molecule has 0 radical (unpaired) electrons. The number of para-hydroxylation sites is 1. The van der Waals surface area contributed by atoms with E-state index >= 15 is 0 Å². The van der Waals surface area contributed by atoms with Gasteiger partial charge in [-0.15, -0.1) is 0 Å². The van der Waals surface area contributed by atoms with Gasteiger partial charge in [0.15, 0.2) is 0 Å². The molecule has 4 aromatic rings. The van der Waals surface area contributed by atoms with Crippen LogP contribution in [0.5, 0.6) is 0 Å². The second-order valence-electron chi connectivity index (χ2n) is 7.97. The topological polar surface area (TPSA) is 57.8 Å². The lowest BCUT2D eigenvalue weighted by molar-refractivity contribution is -0.117. The van der Waals surface area contributed by atoms with Crippen LogP contribution in [0.15, 0.2) is 84.4 Å². The van der Waals surface area contributed by atoms with Gasteiger partial charge in [0.25, 0.3) is 5.91 Å². The van der Waals surface area contributed by atoms with Crippen LogP contribution in [0.25, 0.3) is 17.0 Å². The molecular weight excluding hydrogens is 430 g/mol. The van der Waals surface area contributed by atoms with Crippen LogP contribution in [0.3, 0.4) is 0 Å². The number of nitrogens with one attached hydrogen (secondary N) is 1. The zero-order valence-corrected chi connectivity index (χ0v) is 19.3. The van der Waals surface area contributed by atoms with Crippen LogP contribution in [0.1, 0.15) is 35.3 Å². The molecule has 0 unspecified atom stereocenters. The lowest BCUT2D eigenvalue weighted by Crippen LogP contribution is -2.27. The second kappa shape index (κ2) is 9.77. The van der Waals surface area contributed by atoms with Gasteiger partial charge in [-0.2, -0.15) is 5.26 Å². The number of rotatable bonds is 6.